The van der Waals surface area contributed by atoms with Gasteiger partial charge in [-0.15, -0.1) is 22.9 Å². The van der Waals surface area contributed by atoms with Crippen LogP contribution in [0.1, 0.15) is 64.1 Å². The highest BCUT2D eigenvalue weighted by atomic mass is 35.5. The smallest absolute Gasteiger partial charge is 0.246 e. The summed E-state index contributed by atoms with van der Waals surface area (Å²) < 4.78 is 33.0. The molecule has 1 saturated heterocycles. The monoisotopic (exact) mass is 826 g/mol. The Kier molecular flexibility index (Phi) is 23.0. The van der Waals surface area contributed by atoms with Gasteiger partial charge in [-0.05, 0) is 36.3 Å². The van der Waals surface area contributed by atoms with Gasteiger partial charge in [0.15, 0.2) is 0 Å². The zero-order valence-corrected chi connectivity index (χ0v) is 35.1. The molecule has 2 aromatic rings. The van der Waals surface area contributed by atoms with E-state index in [4.69, 9.17) is 40.0 Å². The molecular weight excluding hydrogens is 764 g/mol. The molecule has 2 heterocycles. The predicted octanol–water partition coefficient (Wildman–Crippen LogP) is 4.13. The Balaban J connectivity index is 1.25. The van der Waals surface area contributed by atoms with E-state index in [0.29, 0.717) is 52.9 Å². The van der Waals surface area contributed by atoms with E-state index in [1.165, 1.54) is 4.90 Å². The zero-order valence-electron chi connectivity index (χ0n) is 33.6. The van der Waals surface area contributed by atoms with Crippen molar-refractivity contribution in [3.05, 3.63) is 41.0 Å². The van der Waals surface area contributed by atoms with E-state index < -0.39 is 35.4 Å². The number of aliphatic hydroxyl groups is 1. The first-order valence-electron chi connectivity index (χ1n) is 19.6. The van der Waals surface area contributed by atoms with Gasteiger partial charge in [0.1, 0.15) is 18.7 Å². The van der Waals surface area contributed by atoms with Gasteiger partial charge in [-0.1, -0.05) is 57.9 Å². The standard InChI is InChI=1S/C40H63ClN4O10S/c1-30-36(56-29-43-30)32-11-9-31(10-12-32)26-42-38(48)34-25-33(46)27-45(34)39(49)37(40(2,3)4)44-35(47)28-55-24-23-54-22-21-53-20-19-52-18-17-51-16-15-50-14-8-6-5-7-13-41/h9-12,29,33-34,37,46H,5-8,13-28H2,1-4H3,(H,42,48)(H,44,47)/t33-,34+,37-/m1/s1. The maximum atomic E-state index is 13.8. The topological polar surface area (TPSA) is 167 Å². The van der Waals surface area contributed by atoms with Gasteiger partial charge in [0, 0.05) is 32.0 Å². The molecule has 3 rings (SSSR count). The van der Waals surface area contributed by atoms with E-state index in [0.717, 1.165) is 59.9 Å². The highest BCUT2D eigenvalue weighted by Crippen LogP contribution is 2.28. The van der Waals surface area contributed by atoms with Crippen LogP contribution in [0.15, 0.2) is 29.8 Å². The van der Waals surface area contributed by atoms with Crippen molar-refractivity contribution in [3.63, 3.8) is 0 Å². The number of nitrogens with one attached hydrogen (secondary N) is 2. The minimum atomic E-state index is -0.946. The van der Waals surface area contributed by atoms with Crippen LogP contribution in [-0.4, -0.2) is 143 Å². The van der Waals surface area contributed by atoms with Gasteiger partial charge in [0.25, 0.3) is 0 Å². The molecule has 3 N–H and O–H groups in total. The van der Waals surface area contributed by atoms with E-state index in [1.54, 1.807) is 11.3 Å². The molecule has 14 nitrogen and oxygen atoms in total. The van der Waals surface area contributed by atoms with Crippen LogP contribution in [0.2, 0.25) is 0 Å². The number of thiazole rings is 1. The summed E-state index contributed by atoms with van der Waals surface area (Å²) in [6, 6.07) is 6.06. The maximum Gasteiger partial charge on any atom is 0.246 e. The Labute approximate surface area is 341 Å². The van der Waals surface area contributed by atoms with Gasteiger partial charge in [-0.25, -0.2) is 4.98 Å². The second-order valence-corrected chi connectivity index (χ2v) is 15.9. The fourth-order valence-electron chi connectivity index (χ4n) is 5.90. The number of β-amino-alcohol motifs (C(OH)–C–C–N with tert-alkyl or cyclic N) is 1. The van der Waals surface area contributed by atoms with Crippen LogP contribution >= 0.6 is 22.9 Å². The van der Waals surface area contributed by atoms with E-state index >= 15 is 0 Å². The molecule has 0 unspecified atom stereocenters. The van der Waals surface area contributed by atoms with Crippen LogP contribution in [0.5, 0.6) is 0 Å². The van der Waals surface area contributed by atoms with E-state index in [1.807, 2.05) is 57.5 Å². The molecular formula is C40H63ClN4O10S. The Morgan fingerprint density at radius 1 is 0.857 bits per heavy atom. The average Bonchev–Trinajstić information content (AvgIpc) is 3.79. The van der Waals surface area contributed by atoms with Crippen LogP contribution < -0.4 is 10.6 Å². The molecule has 0 saturated carbocycles. The van der Waals surface area contributed by atoms with Crippen LogP contribution in [0.3, 0.4) is 0 Å². The van der Waals surface area contributed by atoms with Crippen LogP contribution in [0, 0.1) is 12.3 Å². The largest absolute Gasteiger partial charge is 0.391 e. The molecule has 1 aromatic heterocycles. The summed E-state index contributed by atoms with van der Waals surface area (Å²) in [6.45, 7) is 12.4. The third kappa shape index (κ3) is 18.2. The Hall–Kier alpha value is -2.73. The van der Waals surface area contributed by atoms with E-state index in [-0.39, 0.29) is 45.2 Å². The number of aromatic nitrogens is 1. The number of carbonyl (C=O) groups excluding carboxylic acids is 3. The van der Waals surface area contributed by atoms with Gasteiger partial charge < -0.3 is 49.1 Å². The van der Waals surface area contributed by atoms with Gasteiger partial charge >= 0.3 is 0 Å². The Bertz CT molecular complexity index is 1410. The molecule has 0 bridgehead atoms. The second-order valence-electron chi connectivity index (χ2n) is 14.7. The van der Waals surface area contributed by atoms with Crippen LogP contribution in [0.25, 0.3) is 10.4 Å². The first-order valence-corrected chi connectivity index (χ1v) is 21.0. The SMILES string of the molecule is Cc1ncsc1-c1ccc(CNC(=O)[C@@H]2C[C@@H](O)CN2C(=O)[C@@H](NC(=O)COCCOCCOCCOCCOCCOCCCCCCCl)C(C)(C)C)cc1. The summed E-state index contributed by atoms with van der Waals surface area (Å²) in [6.07, 6.45) is 3.64. The number of hydrogen-bond donors (Lipinski definition) is 3. The fraction of sp³-hybridized carbons (Fsp3) is 0.700. The van der Waals surface area contributed by atoms with Crippen molar-refractivity contribution in [1.82, 2.24) is 20.5 Å². The molecule has 1 aromatic carbocycles. The summed E-state index contributed by atoms with van der Waals surface area (Å²) in [5, 5.41) is 16.2. The fourth-order valence-corrected chi connectivity index (χ4v) is 6.90. The van der Waals surface area contributed by atoms with Crippen LogP contribution in [-0.2, 0) is 49.3 Å². The average molecular weight is 827 g/mol. The van der Waals surface area contributed by atoms with Crippen molar-refractivity contribution in [1.29, 1.82) is 0 Å². The van der Waals surface area contributed by atoms with Crippen molar-refractivity contribution in [2.45, 2.75) is 84.5 Å². The number of halogens is 1. The lowest BCUT2D eigenvalue weighted by Crippen LogP contribution is -2.58. The van der Waals surface area contributed by atoms with Crippen molar-refractivity contribution in [2.75, 3.05) is 91.7 Å². The number of unbranched alkanes of at least 4 members (excludes halogenated alkanes) is 3. The number of aliphatic hydroxyl groups excluding tert-OH is 1. The minimum Gasteiger partial charge on any atom is -0.391 e. The lowest BCUT2D eigenvalue weighted by Gasteiger charge is -2.35. The molecule has 3 amide bonds. The highest BCUT2D eigenvalue weighted by Gasteiger charge is 2.44. The van der Waals surface area contributed by atoms with Gasteiger partial charge in [-0.2, -0.15) is 0 Å². The first-order chi connectivity index (χ1) is 27.0. The van der Waals surface area contributed by atoms with Crippen molar-refractivity contribution in [2.24, 2.45) is 5.41 Å². The molecule has 16 heteroatoms. The van der Waals surface area contributed by atoms with E-state index in [9.17, 15) is 19.5 Å². The number of rotatable bonds is 29. The molecule has 0 aliphatic carbocycles. The molecule has 56 heavy (non-hydrogen) atoms. The maximum absolute atomic E-state index is 13.8. The highest BCUT2D eigenvalue weighted by molar-refractivity contribution is 7.13. The van der Waals surface area contributed by atoms with Crippen molar-refractivity contribution >= 4 is 40.7 Å². The quantitative estimate of drug-likeness (QED) is 0.0798. The number of aryl methyl sites for hydroxylation is 1. The van der Waals surface area contributed by atoms with Gasteiger partial charge in [-0.3, -0.25) is 14.4 Å². The first kappa shape index (κ1) is 47.6. The molecule has 1 aliphatic heterocycles. The third-order valence-corrected chi connectivity index (χ3v) is 10.2. The summed E-state index contributed by atoms with van der Waals surface area (Å²) in [5.74, 6) is -0.547. The Morgan fingerprint density at radius 3 is 1.95 bits per heavy atom. The van der Waals surface area contributed by atoms with E-state index in [2.05, 4.69) is 15.6 Å². The zero-order chi connectivity index (χ0) is 40.6. The normalized spacial score (nSPS) is 16.3. The summed E-state index contributed by atoms with van der Waals surface area (Å²) >= 11 is 7.24. The molecule has 1 fully saturated rings. The number of hydrogen-bond acceptors (Lipinski definition) is 12. The number of carbonyl (C=O) groups is 3. The lowest BCUT2D eigenvalue weighted by molar-refractivity contribution is -0.144. The summed E-state index contributed by atoms with van der Waals surface area (Å²) in [5.41, 5.74) is 4.06. The Morgan fingerprint density at radius 2 is 1.41 bits per heavy atom. The van der Waals surface area contributed by atoms with Crippen LogP contribution in [0.4, 0.5) is 0 Å². The minimum absolute atomic E-state index is 0.00489. The second kappa shape index (κ2) is 27.0. The molecule has 1 aliphatic rings. The molecule has 0 radical (unpaired) electrons. The number of likely N-dealkylation sites (tertiary alicyclic amines) is 1. The molecule has 3 atom stereocenters. The van der Waals surface area contributed by atoms with Gasteiger partial charge in [0.05, 0.1) is 88.3 Å². The molecule has 0 spiro atoms. The third-order valence-electron chi connectivity index (χ3n) is 8.98. The van der Waals surface area contributed by atoms with Gasteiger partial charge in [0.2, 0.25) is 17.7 Å². The summed E-state index contributed by atoms with van der Waals surface area (Å²) in [4.78, 5) is 46.8. The number of amides is 3. The molecule has 316 valence electrons. The lowest BCUT2D eigenvalue weighted by atomic mass is 9.85. The number of ether oxygens (including phenoxy) is 6. The van der Waals surface area contributed by atoms with Crippen molar-refractivity contribution < 1.29 is 47.9 Å². The number of nitrogens with zero attached hydrogens (tertiary/aromatic N) is 2. The number of benzene rings is 1. The van der Waals surface area contributed by atoms with Crippen molar-refractivity contribution in [3.8, 4) is 10.4 Å². The predicted molar refractivity (Wildman–Crippen MR) is 216 cm³/mol. The number of alkyl halides is 1. The summed E-state index contributed by atoms with van der Waals surface area (Å²) in [7, 11) is 0.